The molecule has 0 aromatic heterocycles. The summed E-state index contributed by atoms with van der Waals surface area (Å²) in [4.78, 5) is 0. The van der Waals surface area contributed by atoms with Gasteiger partial charge in [-0.05, 0) is 34.5 Å². The van der Waals surface area contributed by atoms with Gasteiger partial charge in [-0.25, -0.2) is 0 Å². The maximum atomic E-state index is 7.07. The van der Waals surface area contributed by atoms with Crippen LogP contribution in [-0.4, -0.2) is 28.1 Å². The van der Waals surface area contributed by atoms with Crippen LogP contribution in [0.5, 0.6) is 0 Å². The van der Waals surface area contributed by atoms with E-state index in [1.165, 1.54) is 34.0 Å². The van der Waals surface area contributed by atoms with Crippen LogP contribution >= 0.6 is 0 Å². The molecule has 0 bridgehead atoms. The predicted octanol–water partition coefficient (Wildman–Crippen LogP) is 4.39. The Bertz CT molecular complexity index is 741. The van der Waals surface area contributed by atoms with Gasteiger partial charge in [-0.15, -0.1) is 0 Å². The van der Waals surface area contributed by atoms with E-state index in [0.29, 0.717) is 6.61 Å². The minimum absolute atomic E-state index is 0.130. The Morgan fingerprint density at radius 2 is 1.59 bits per heavy atom. The number of benzene rings is 2. The van der Waals surface area contributed by atoms with E-state index in [1.807, 2.05) is 0 Å². The predicted molar refractivity (Wildman–Crippen MR) is 116 cm³/mol. The minimum atomic E-state index is -2.56. The molecule has 142 valence electrons. The number of hydrogen-bond donors (Lipinski definition) is 0. The SMILES string of the molecule is C/C=C1/C(COC)=CC(CCCC)O[Si]1(c1ccccc1)c1ccccc1. The van der Waals surface area contributed by atoms with Gasteiger partial charge in [0.1, 0.15) is 0 Å². The molecule has 0 N–H and O–H groups in total. The van der Waals surface area contributed by atoms with Crippen LogP contribution in [0, 0.1) is 0 Å². The van der Waals surface area contributed by atoms with E-state index in [9.17, 15) is 0 Å². The zero-order valence-corrected chi connectivity index (χ0v) is 17.7. The molecule has 1 unspecified atom stereocenters. The summed E-state index contributed by atoms with van der Waals surface area (Å²) in [6.07, 6.45) is 8.06. The Morgan fingerprint density at radius 3 is 2.07 bits per heavy atom. The van der Waals surface area contributed by atoms with Gasteiger partial charge >= 0.3 is 0 Å². The van der Waals surface area contributed by atoms with E-state index in [1.54, 1.807) is 7.11 Å². The smallest absolute Gasteiger partial charge is 0.288 e. The van der Waals surface area contributed by atoms with Gasteiger partial charge in [-0.1, -0.05) is 92.6 Å². The van der Waals surface area contributed by atoms with Crippen LogP contribution < -0.4 is 10.4 Å². The van der Waals surface area contributed by atoms with Crippen LogP contribution in [0.1, 0.15) is 33.1 Å². The Labute approximate surface area is 164 Å². The van der Waals surface area contributed by atoms with E-state index in [-0.39, 0.29) is 6.10 Å². The third-order valence-corrected chi connectivity index (χ3v) is 9.55. The Hall–Kier alpha value is -1.94. The number of allylic oxidation sites excluding steroid dienone is 1. The fourth-order valence-electron chi connectivity index (χ4n) is 4.04. The van der Waals surface area contributed by atoms with Crippen molar-refractivity contribution in [3.05, 3.63) is 83.6 Å². The molecule has 27 heavy (non-hydrogen) atoms. The fourth-order valence-corrected chi connectivity index (χ4v) is 8.37. The van der Waals surface area contributed by atoms with Gasteiger partial charge < -0.3 is 9.16 Å². The molecule has 1 aliphatic heterocycles. The molecule has 0 amide bonds. The van der Waals surface area contributed by atoms with Gasteiger partial charge in [0, 0.05) is 7.11 Å². The summed E-state index contributed by atoms with van der Waals surface area (Å²) >= 11 is 0. The zero-order chi connectivity index (χ0) is 19.1. The van der Waals surface area contributed by atoms with Gasteiger partial charge in [-0.3, -0.25) is 0 Å². The molecule has 3 heteroatoms. The molecule has 0 aliphatic carbocycles. The lowest BCUT2D eigenvalue weighted by Gasteiger charge is -2.42. The standard InChI is InChI=1S/C24H30O2Si/c1-4-6-13-21-18-20(19-25-3)24(5-2)27(26-21,22-14-9-7-10-15-22)23-16-11-8-12-17-23/h5,7-12,14-18,21H,4,6,13,19H2,1-3H3/b24-5-. The molecule has 2 nitrogen and oxygen atoms in total. The number of ether oxygens (including phenoxy) is 1. The van der Waals surface area contributed by atoms with Gasteiger partial charge in [-0.2, -0.15) is 0 Å². The zero-order valence-electron chi connectivity index (χ0n) is 16.7. The van der Waals surface area contributed by atoms with Crippen molar-refractivity contribution >= 4 is 18.7 Å². The van der Waals surface area contributed by atoms with Crippen LogP contribution in [0.25, 0.3) is 0 Å². The minimum Gasteiger partial charge on any atom is -0.398 e. The molecule has 0 radical (unpaired) electrons. The van der Waals surface area contributed by atoms with E-state index < -0.39 is 8.32 Å². The molecule has 1 heterocycles. The van der Waals surface area contributed by atoms with Crippen molar-refractivity contribution in [3.8, 4) is 0 Å². The molecule has 2 aromatic rings. The molecule has 3 rings (SSSR count). The second-order valence-corrected chi connectivity index (χ2v) is 10.3. The summed E-state index contributed by atoms with van der Waals surface area (Å²) in [6.45, 7) is 4.99. The molecule has 0 spiro atoms. The third-order valence-electron chi connectivity index (χ3n) is 5.23. The van der Waals surface area contributed by atoms with Crippen LogP contribution in [0.2, 0.25) is 0 Å². The van der Waals surface area contributed by atoms with E-state index in [4.69, 9.17) is 9.16 Å². The molecule has 2 aromatic carbocycles. The molecule has 0 saturated heterocycles. The van der Waals surface area contributed by atoms with Crippen molar-refractivity contribution < 1.29 is 9.16 Å². The first-order valence-electron chi connectivity index (χ1n) is 9.92. The van der Waals surface area contributed by atoms with Crippen molar-refractivity contribution in [3.63, 3.8) is 0 Å². The maximum Gasteiger partial charge on any atom is 0.288 e. The van der Waals surface area contributed by atoms with Gasteiger partial charge in [0.15, 0.2) is 0 Å². The molecular weight excluding hydrogens is 348 g/mol. The highest BCUT2D eigenvalue weighted by Crippen LogP contribution is 2.32. The topological polar surface area (TPSA) is 18.5 Å². The normalized spacial score (nSPS) is 20.5. The first kappa shape index (κ1) is 19.8. The highest BCUT2D eigenvalue weighted by atomic mass is 28.4. The van der Waals surface area contributed by atoms with Crippen LogP contribution in [-0.2, 0) is 9.16 Å². The first-order chi connectivity index (χ1) is 13.3. The second kappa shape index (κ2) is 9.31. The van der Waals surface area contributed by atoms with Crippen molar-refractivity contribution in [1.29, 1.82) is 0 Å². The molecule has 1 aliphatic rings. The highest BCUT2D eigenvalue weighted by Gasteiger charge is 2.48. The van der Waals surface area contributed by atoms with Crippen LogP contribution in [0.4, 0.5) is 0 Å². The van der Waals surface area contributed by atoms with Crippen molar-refractivity contribution in [1.82, 2.24) is 0 Å². The summed E-state index contributed by atoms with van der Waals surface area (Å²) in [7, 11) is -0.788. The van der Waals surface area contributed by atoms with E-state index >= 15 is 0 Å². The van der Waals surface area contributed by atoms with Crippen molar-refractivity contribution in [2.24, 2.45) is 0 Å². The Balaban J connectivity index is 2.22. The largest absolute Gasteiger partial charge is 0.398 e. The van der Waals surface area contributed by atoms with Crippen LogP contribution in [0.15, 0.2) is 83.6 Å². The molecular formula is C24H30O2Si. The maximum absolute atomic E-state index is 7.07. The number of rotatable bonds is 7. The summed E-state index contributed by atoms with van der Waals surface area (Å²) in [5, 5.41) is 3.91. The third kappa shape index (κ3) is 4.01. The second-order valence-electron chi connectivity index (χ2n) is 7.04. The van der Waals surface area contributed by atoms with E-state index in [0.717, 1.165) is 6.42 Å². The van der Waals surface area contributed by atoms with Crippen molar-refractivity contribution in [2.45, 2.75) is 39.2 Å². The summed E-state index contributed by atoms with van der Waals surface area (Å²) < 4.78 is 12.7. The molecule has 0 saturated carbocycles. The average molecular weight is 379 g/mol. The fraction of sp³-hybridized carbons (Fsp3) is 0.333. The monoisotopic (exact) mass is 378 g/mol. The lowest BCUT2D eigenvalue weighted by molar-refractivity contribution is 0.207. The Kier molecular flexibility index (Phi) is 6.83. The van der Waals surface area contributed by atoms with Crippen molar-refractivity contribution in [2.75, 3.05) is 13.7 Å². The lowest BCUT2D eigenvalue weighted by atomic mass is 10.1. The average Bonchev–Trinajstić information content (AvgIpc) is 2.73. The first-order valence-corrected chi connectivity index (χ1v) is 11.8. The molecule has 1 atom stereocenters. The summed E-state index contributed by atoms with van der Waals surface area (Å²) in [5.74, 6) is 0. The highest BCUT2D eigenvalue weighted by molar-refractivity contribution is 7.03. The lowest BCUT2D eigenvalue weighted by Crippen LogP contribution is -2.65. The van der Waals surface area contributed by atoms with Gasteiger partial charge in [0.2, 0.25) is 0 Å². The number of methoxy groups -OCH3 is 1. The number of hydrogen-bond acceptors (Lipinski definition) is 2. The quantitative estimate of drug-likeness (QED) is 0.665. The Morgan fingerprint density at radius 1 is 1.00 bits per heavy atom. The van der Waals surface area contributed by atoms with Gasteiger partial charge in [0.25, 0.3) is 8.32 Å². The summed E-state index contributed by atoms with van der Waals surface area (Å²) in [5.41, 5.74) is 1.28. The summed E-state index contributed by atoms with van der Waals surface area (Å²) in [6, 6.07) is 21.6. The number of unbranched alkanes of at least 4 members (excludes halogenated alkanes) is 1. The van der Waals surface area contributed by atoms with Gasteiger partial charge in [0.05, 0.1) is 12.7 Å². The molecule has 0 fully saturated rings. The van der Waals surface area contributed by atoms with Crippen LogP contribution in [0.3, 0.4) is 0 Å². The van der Waals surface area contributed by atoms with E-state index in [2.05, 4.69) is 86.7 Å².